The largest absolute Gasteiger partial charge is 0.476 e. The van der Waals surface area contributed by atoms with Gasteiger partial charge in [0.15, 0.2) is 11.8 Å². The van der Waals surface area contributed by atoms with Crippen molar-refractivity contribution in [2.45, 2.75) is 117 Å². The van der Waals surface area contributed by atoms with Crippen LogP contribution in [0, 0.1) is 11.8 Å². The lowest BCUT2D eigenvalue weighted by Crippen LogP contribution is -2.59. The number of rotatable bonds is 29. The Morgan fingerprint density at radius 3 is 2.32 bits per heavy atom. The maximum absolute atomic E-state index is 14.8. The predicted molar refractivity (Wildman–Crippen MR) is 217 cm³/mol. The van der Waals surface area contributed by atoms with E-state index in [-0.39, 0.29) is 87.4 Å². The monoisotopic (exact) mass is 827 g/mol. The van der Waals surface area contributed by atoms with Gasteiger partial charge in [0.05, 0.1) is 45.6 Å². The Bertz CT molecular complexity index is 1350. The van der Waals surface area contributed by atoms with Crippen LogP contribution in [-0.2, 0) is 33.3 Å². The number of hydrogen-bond donors (Lipinski definition) is 5. The van der Waals surface area contributed by atoms with Gasteiger partial charge in [-0.05, 0) is 44.7 Å². The van der Waals surface area contributed by atoms with Crippen LogP contribution < -0.4 is 21.7 Å². The van der Waals surface area contributed by atoms with Crippen molar-refractivity contribution in [1.82, 2.24) is 30.7 Å². The van der Waals surface area contributed by atoms with E-state index in [0.717, 1.165) is 62.8 Å². The summed E-state index contributed by atoms with van der Waals surface area (Å²) in [4.78, 5) is 72.7. The van der Waals surface area contributed by atoms with E-state index in [4.69, 9.17) is 24.7 Å². The number of unbranched alkanes of at least 4 members (excludes halogenated alkanes) is 3. The molecule has 18 heteroatoms. The lowest BCUT2D eigenvalue weighted by atomic mass is 9.91. The van der Waals surface area contributed by atoms with Crippen molar-refractivity contribution in [3.8, 4) is 0 Å². The highest BCUT2D eigenvalue weighted by Gasteiger charge is 2.38. The van der Waals surface area contributed by atoms with Crippen LogP contribution in [0.4, 0.5) is 4.79 Å². The number of nitrogens with two attached hydrogens (primary N) is 1. The van der Waals surface area contributed by atoms with Crippen molar-refractivity contribution in [3.05, 3.63) is 16.1 Å². The average Bonchev–Trinajstić information content (AvgIpc) is 3.69. The molecule has 1 saturated heterocycles. The van der Waals surface area contributed by atoms with Crippen molar-refractivity contribution < 1.29 is 48.0 Å². The van der Waals surface area contributed by atoms with Gasteiger partial charge in [0, 0.05) is 30.9 Å². The molecule has 6 N–H and O–H groups in total. The highest BCUT2D eigenvalue weighted by molar-refractivity contribution is 7.09. The minimum absolute atomic E-state index is 0.0478. The molecule has 0 radical (unpaired) electrons. The molecule has 0 bridgehead atoms. The summed E-state index contributed by atoms with van der Waals surface area (Å²) in [6.45, 7) is 12.8. The second-order valence-electron chi connectivity index (χ2n) is 14.8. The number of hydrogen-bond acceptors (Lipinski definition) is 13. The number of amides is 4. The summed E-state index contributed by atoms with van der Waals surface area (Å²) >= 11 is 1.08. The van der Waals surface area contributed by atoms with E-state index >= 15 is 0 Å². The van der Waals surface area contributed by atoms with Gasteiger partial charge in [-0.1, -0.05) is 66.7 Å². The molecule has 1 fully saturated rings. The van der Waals surface area contributed by atoms with Crippen LogP contribution in [0.1, 0.15) is 114 Å². The lowest BCUT2D eigenvalue weighted by molar-refractivity contribution is -0.142. The second-order valence-corrected chi connectivity index (χ2v) is 15.7. The number of carboxylic acids is 1. The van der Waals surface area contributed by atoms with Crippen LogP contribution in [-0.4, -0.2) is 141 Å². The van der Waals surface area contributed by atoms with Gasteiger partial charge in [0.2, 0.25) is 17.7 Å². The third-order valence-electron chi connectivity index (χ3n) is 10.1. The number of piperidine rings is 1. The second kappa shape index (κ2) is 28.1. The van der Waals surface area contributed by atoms with Crippen molar-refractivity contribution in [1.29, 1.82) is 0 Å². The third-order valence-corrected chi connectivity index (χ3v) is 11.0. The molecular formula is C39H69N7O10S. The molecule has 1 aliphatic heterocycles. The molecule has 0 unspecified atom stereocenters. The van der Waals surface area contributed by atoms with Crippen LogP contribution in [0.25, 0.3) is 0 Å². The first-order valence-electron chi connectivity index (χ1n) is 20.5. The summed E-state index contributed by atoms with van der Waals surface area (Å²) in [5.74, 6) is -2.06. The molecule has 2 heterocycles. The molecule has 1 aliphatic rings. The van der Waals surface area contributed by atoms with Crippen LogP contribution in [0.5, 0.6) is 0 Å². The van der Waals surface area contributed by atoms with Crippen molar-refractivity contribution in [2.75, 3.05) is 73.0 Å². The van der Waals surface area contributed by atoms with Crippen molar-refractivity contribution >= 4 is 41.1 Å². The van der Waals surface area contributed by atoms with E-state index < -0.39 is 30.3 Å². The van der Waals surface area contributed by atoms with Gasteiger partial charge in [0.1, 0.15) is 17.8 Å². The fraction of sp³-hybridized carbons (Fsp3) is 0.795. The number of nitrogens with one attached hydrogen (secondary N) is 3. The van der Waals surface area contributed by atoms with E-state index in [1.54, 1.807) is 0 Å². The number of nitrogens with zero attached hydrogens (tertiary/aromatic N) is 3. The Hall–Kier alpha value is -3.42. The number of carbonyl (C=O) groups is 5. The number of thiazole rings is 1. The summed E-state index contributed by atoms with van der Waals surface area (Å²) in [6, 6.07) is -1.48. The zero-order chi connectivity index (χ0) is 42.2. The van der Waals surface area contributed by atoms with Gasteiger partial charge >= 0.3 is 12.1 Å². The first-order valence-corrected chi connectivity index (χ1v) is 21.4. The number of aromatic nitrogens is 1. The quantitative estimate of drug-likeness (QED) is 0.0577. The summed E-state index contributed by atoms with van der Waals surface area (Å²) in [5.41, 5.74) is 5.05. The maximum atomic E-state index is 14.8. The van der Waals surface area contributed by atoms with Crippen molar-refractivity contribution in [3.63, 3.8) is 0 Å². The number of likely N-dealkylation sites (tertiary alicyclic amines) is 1. The molecule has 0 saturated carbocycles. The topological polar surface area (TPSA) is 224 Å². The Labute approximate surface area is 342 Å². The number of likely N-dealkylation sites (N-methyl/N-ethyl adjacent to an activating group) is 1. The molecule has 1 aromatic rings. The van der Waals surface area contributed by atoms with Gasteiger partial charge in [-0.3, -0.25) is 19.3 Å². The molecule has 1 aromatic heterocycles. The highest BCUT2D eigenvalue weighted by Crippen LogP contribution is 2.32. The Balaban J connectivity index is 2.17. The molecule has 57 heavy (non-hydrogen) atoms. The van der Waals surface area contributed by atoms with Crippen LogP contribution in [0.3, 0.4) is 0 Å². The van der Waals surface area contributed by atoms with Crippen LogP contribution in [0.15, 0.2) is 5.38 Å². The number of alkyl carbamates (subject to hydrolysis) is 1. The first kappa shape index (κ1) is 49.7. The Kier molecular flexibility index (Phi) is 24.5. The molecule has 326 valence electrons. The third kappa shape index (κ3) is 18.4. The number of aromatic carboxylic acids is 1. The van der Waals surface area contributed by atoms with Gasteiger partial charge in [0.25, 0.3) is 0 Å². The Morgan fingerprint density at radius 2 is 1.70 bits per heavy atom. The maximum Gasteiger partial charge on any atom is 0.407 e. The highest BCUT2D eigenvalue weighted by atomic mass is 32.1. The molecule has 17 nitrogen and oxygen atoms in total. The van der Waals surface area contributed by atoms with Crippen LogP contribution >= 0.6 is 11.3 Å². The molecular weight excluding hydrogens is 759 g/mol. The molecule has 0 aromatic carbocycles. The normalized spacial score (nSPS) is 16.7. The fourth-order valence-electron chi connectivity index (χ4n) is 6.49. The molecule has 0 spiro atoms. The fourth-order valence-corrected chi connectivity index (χ4v) is 7.32. The molecule has 0 aliphatic carbocycles. The van der Waals surface area contributed by atoms with Crippen molar-refractivity contribution in [2.24, 2.45) is 17.6 Å². The van der Waals surface area contributed by atoms with Gasteiger partial charge in [-0.25, -0.2) is 14.6 Å². The molecule has 4 amide bonds. The Morgan fingerprint density at radius 1 is 1.00 bits per heavy atom. The SMILES string of the molecule is CCCCCCN(C(=O)[C@@H](NC(=O)[C@H]1CCCCN1C)[C@@H](C)CC)[C@H](C[C@@H](OC(=O)NCCOCCOCCOCNC(=O)CN)c1nc(C(=O)O)cs1)C(C)C. The zero-order valence-electron chi connectivity index (χ0n) is 34.9. The summed E-state index contributed by atoms with van der Waals surface area (Å²) < 4.78 is 22.1. The van der Waals surface area contributed by atoms with Gasteiger partial charge in [-0.2, -0.15) is 0 Å². The van der Waals surface area contributed by atoms with E-state index in [1.165, 1.54) is 5.38 Å². The number of carbonyl (C=O) groups excluding carboxylic acids is 4. The van der Waals surface area contributed by atoms with E-state index in [0.29, 0.717) is 31.2 Å². The first-order chi connectivity index (χ1) is 27.3. The van der Waals surface area contributed by atoms with Crippen LogP contribution in [0.2, 0.25) is 0 Å². The minimum Gasteiger partial charge on any atom is -0.476 e. The van der Waals surface area contributed by atoms with E-state index in [1.807, 2.05) is 39.6 Å². The van der Waals surface area contributed by atoms with E-state index in [2.05, 4.69) is 32.8 Å². The van der Waals surface area contributed by atoms with Gasteiger partial charge in [-0.15, -0.1) is 11.3 Å². The summed E-state index contributed by atoms with van der Waals surface area (Å²) in [6.07, 6.45) is 5.60. The standard InChI is InChI=1S/C39H69N7O10S/c1-7-9-10-12-17-46(37(49)34(28(5)8-2)44-35(48)30-14-11-13-16-45(30)6)31(27(3)4)23-32(36-43-29(25-57-36)38(50)51)56-39(52)41-15-18-53-19-20-54-21-22-55-26-42-33(47)24-40/h25,27-28,30-32,34H,7-24,26,40H2,1-6H3,(H,41,52)(H,42,47)(H,44,48)(H,50,51)/t28-,30+,31+,32+,34-/m0/s1. The zero-order valence-corrected chi connectivity index (χ0v) is 35.7. The predicted octanol–water partition coefficient (Wildman–Crippen LogP) is 3.53. The van der Waals surface area contributed by atoms with Gasteiger partial charge < -0.3 is 50.6 Å². The number of ether oxygens (including phenoxy) is 4. The smallest absolute Gasteiger partial charge is 0.407 e. The number of carboxylic acid groups (broad SMARTS) is 1. The molecule has 2 rings (SSSR count). The average molecular weight is 828 g/mol. The lowest BCUT2D eigenvalue weighted by Gasteiger charge is -2.40. The summed E-state index contributed by atoms with van der Waals surface area (Å²) in [7, 11) is 1.95. The summed E-state index contributed by atoms with van der Waals surface area (Å²) in [5, 5.41) is 19.7. The molecule has 5 atom stereocenters. The minimum atomic E-state index is -1.20. The van der Waals surface area contributed by atoms with E-state index in [9.17, 15) is 29.1 Å².